The van der Waals surface area contributed by atoms with Gasteiger partial charge in [0.2, 0.25) is 0 Å². The fraction of sp³-hybridized carbons (Fsp3) is 0.200. The van der Waals surface area contributed by atoms with E-state index in [-0.39, 0.29) is 5.82 Å². The standard InChI is InChI=1S/C20H20FN5/c1-14(25-12-16-4-2-3-15(9-16)11-22)17-5-6-19(21)18(10-17)13-26-20-23-7-8-24-20/h2-6,9-10,25H,1,7-8,12-13H2,(H2,23,24,26). The van der Waals surface area contributed by atoms with Crippen LogP contribution in [-0.2, 0) is 13.1 Å². The highest BCUT2D eigenvalue weighted by molar-refractivity contribution is 5.81. The van der Waals surface area contributed by atoms with E-state index in [1.165, 1.54) is 6.07 Å². The van der Waals surface area contributed by atoms with Gasteiger partial charge < -0.3 is 16.0 Å². The highest BCUT2D eigenvalue weighted by atomic mass is 19.1. The topological polar surface area (TPSA) is 72.2 Å². The van der Waals surface area contributed by atoms with Crippen LogP contribution in [0.1, 0.15) is 22.3 Å². The highest BCUT2D eigenvalue weighted by Crippen LogP contribution is 2.16. The van der Waals surface area contributed by atoms with E-state index in [1.54, 1.807) is 18.2 Å². The second-order valence-corrected chi connectivity index (χ2v) is 5.96. The summed E-state index contributed by atoms with van der Waals surface area (Å²) in [4.78, 5) is 4.23. The fourth-order valence-electron chi connectivity index (χ4n) is 2.65. The van der Waals surface area contributed by atoms with Crippen molar-refractivity contribution < 1.29 is 4.39 Å². The zero-order valence-corrected chi connectivity index (χ0v) is 14.3. The number of nitrogens with one attached hydrogen (secondary N) is 3. The molecule has 6 heteroatoms. The third-order valence-corrected chi connectivity index (χ3v) is 4.08. The zero-order valence-electron chi connectivity index (χ0n) is 14.3. The Kier molecular flexibility index (Phi) is 5.49. The molecular weight excluding hydrogens is 329 g/mol. The predicted octanol–water partition coefficient (Wildman–Crippen LogP) is 2.51. The Morgan fingerprint density at radius 3 is 2.92 bits per heavy atom. The van der Waals surface area contributed by atoms with Crippen LogP contribution in [0, 0.1) is 17.1 Å². The Hall–Kier alpha value is -3.33. The quantitative estimate of drug-likeness (QED) is 0.749. The number of guanidine groups is 1. The van der Waals surface area contributed by atoms with Gasteiger partial charge in [-0.1, -0.05) is 24.8 Å². The number of rotatable bonds is 6. The molecule has 0 fully saturated rings. The summed E-state index contributed by atoms with van der Waals surface area (Å²) in [6, 6.07) is 14.4. The lowest BCUT2D eigenvalue weighted by Gasteiger charge is -2.13. The fourth-order valence-corrected chi connectivity index (χ4v) is 2.65. The van der Waals surface area contributed by atoms with E-state index in [1.807, 2.05) is 18.2 Å². The molecule has 5 nitrogen and oxygen atoms in total. The molecule has 0 radical (unpaired) electrons. The van der Waals surface area contributed by atoms with E-state index in [4.69, 9.17) is 5.26 Å². The minimum absolute atomic E-state index is 0.269. The number of aliphatic imine (C=N–C) groups is 1. The van der Waals surface area contributed by atoms with Gasteiger partial charge in [0.25, 0.3) is 0 Å². The molecule has 3 rings (SSSR count). The molecule has 3 N–H and O–H groups in total. The molecule has 0 unspecified atom stereocenters. The largest absolute Gasteiger partial charge is 0.381 e. The van der Waals surface area contributed by atoms with Gasteiger partial charge in [-0.15, -0.1) is 0 Å². The molecule has 26 heavy (non-hydrogen) atoms. The second-order valence-electron chi connectivity index (χ2n) is 5.96. The maximum Gasteiger partial charge on any atom is 0.191 e. The summed E-state index contributed by atoms with van der Waals surface area (Å²) in [6.07, 6.45) is 0. The van der Waals surface area contributed by atoms with Gasteiger partial charge in [-0.05, 0) is 35.4 Å². The van der Waals surface area contributed by atoms with Crippen molar-refractivity contribution >= 4 is 11.7 Å². The van der Waals surface area contributed by atoms with Crippen LogP contribution in [0.15, 0.2) is 54.0 Å². The Morgan fingerprint density at radius 1 is 1.27 bits per heavy atom. The van der Waals surface area contributed by atoms with Crippen molar-refractivity contribution in [1.82, 2.24) is 16.0 Å². The number of hydrogen-bond acceptors (Lipinski definition) is 5. The molecule has 0 amide bonds. The van der Waals surface area contributed by atoms with Crippen molar-refractivity contribution in [2.45, 2.75) is 13.1 Å². The molecule has 2 aromatic carbocycles. The van der Waals surface area contributed by atoms with Crippen LogP contribution in [0.4, 0.5) is 4.39 Å². The van der Waals surface area contributed by atoms with Crippen molar-refractivity contribution in [3.8, 4) is 6.07 Å². The average Bonchev–Trinajstić information content (AvgIpc) is 3.19. The van der Waals surface area contributed by atoms with E-state index >= 15 is 0 Å². The van der Waals surface area contributed by atoms with Crippen molar-refractivity contribution in [2.75, 3.05) is 13.1 Å². The summed E-state index contributed by atoms with van der Waals surface area (Å²) >= 11 is 0. The van der Waals surface area contributed by atoms with E-state index in [0.29, 0.717) is 35.9 Å². The van der Waals surface area contributed by atoms with Crippen LogP contribution in [0.3, 0.4) is 0 Å². The van der Waals surface area contributed by atoms with Gasteiger partial charge in [0.15, 0.2) is 5.96 Å². The van der Waals surface area contributed by atoms with Gasteiger partial charge in [0.05, 0.1) is 18.2 Å². The molecular formula is C20H20FN5. The molecule has 0 aliphatic carbocycles. The molecule has 0 saturated carbocycles. The van der Waals surface area contributed by atoms with Crippen molar-refractivity contribution in [3.63, 3.8) is 0 Å². The van der Waals surface area contributed by atoms with Crippen LogP contribution in [-0.4, -0.2) is 19.0 Å². The summed E-state index contributed by atoms with van der Waals surface area (Å²) in [6.45, 7) is 6.47. The minimum Gasteiger partial charge on any atom is -0.381 e. The first-order valence-electron chi connectivity index (χ1n) is 8.38. The smallest absolute Gasteiger partial charge is 0.191 e. The normalized spacial score (nSPS) is 12.7. The van der Waals surface area contributed by atoms with Crippen LogP contribution < -0.4 is 16.0 Å². The summed E-state index contributed by atoms with van der Waals surface area (Å²) in [5.41, 5.74) is 3.67. The molecule has 2 aromatic rings. The van der Waals surface area contributed by atoms with Gasteiger partial charge in [0, 0.05) is 30.9 Å². The number of halogens is 1. The van der Waals surface area contributed by atoms with Crippen LogP contribution in [0.2, 0.25) is 0 Å². The monoisotopic (exact) mass is 349 g/mol. The molecule has 0 aromatic heterocycles. The lowest BCUT2D eigenvalue weighted by Crippen LogP contribution is -2.33. The van der Waals surface area contributed by atoms with E-state index in [0.717, 1.165) is 24.2 Å². The molecule has 1 aliphatic rings. The van der Waals surface area contributed by atoms with Crippen molar-refractivity contribution in [1.29, 1.82) is 5.26 Å². The summed E-state index contributed by atoms with van der Waals surface area (Å²) < 4.78 is 14.1. The first-order chi connectivity index (χ1) is 12.7. The van der Waals surface area contributed by atoms with Crippen LogP contribution in [0.25, 0.3) is 5.70 Å². The summed E-state index contributed by atoms with van der Waals surface area (Å²) in [5.74, 6) is 0.429. The van der Waals surface area contributed by atoms with E-state index in [9.17, 15) is 4.39 Å². The van der Waals surface area contributed by atoms with E-state index in [2.05, 4.69) is 33.6 Å². The zero-order chi connectivity index (χ0) is 18.4. The molecule has 0 atom stereocenters. The average molecular weight is 349 g/mol. The Labute approximate surface area is 152 Å². The number of nitriles is 1. The minimum atomic E-state index is -0.269. The van der Waals surface area contributed by atoms with Crippen LogP contribution >= 0.6 is 0 Å². The first kappa shape index (κ1) is 17.5. The Balaban J connectivity index is 1.63. The number of benzene rings is 2. The lowest BCUT2D eigenvalue weighted by molar-refractivity contribution is 0.605. The third kappa shape index (κ3) is 4.39. The van der Waals surface area contributed by atoms with Crippen molar-refractivity contribution in [3.05, 3.63) is 77.1 Å². The first-order valence-corrected chi connectivity index (χ1v) is 8.38. The Bertz CT molecular complexity index is 882. The summed E-state index contributed by atoms with van der Waals surface area (Å²) in [7, 11) is 0. The number of hydrogen-bond donors (Lipinski definition) is 3. The van der Waals surface area contributed by atoms with Gasteiger partial charge >= 0.3 is 0 Å². The SMILES string of the molecule is C=C(NCc1cccc(C#N)c1)c1ccc(F)c(CNC2=NCCN2)c1. The molecule has 0 bridgehead atoms. The molecule has 0 spiro atoms. The number of nitrogens with zero attached hydrogens (tertiary/aromatic N) is 2. The molecule has 1 heterocycles. The van der Waals surface area contributed by atoms with E-state index < -0.39 is 0 Å². The van der Waals surface area contributed by atoms with Gasteiger partial charge in [0.1, 0.15) is 5.82 Å². The summed E-state index contributed by atoms with van der Waals surface area (Å²) in [5, 5.41) is 18.4. The maximum atomic E-state index is 14.1. The molecule has 0 saturated heterocycles. The van der Waals surface area contributed by atoms with Crippen molar-refractivity contribution in [2.24, 2.45) is 4.99 Å². The molecule has 132 valence electrons. The lowest BCUT2D eigenvalue weighted by atomic mass is 10.1. The Morgan fingerprint density at radius 2 is 2.15 bits per heavy atom. The third-order valence-electron chi connectivity index (χ3n) is 4.08. The highest BCUT2D eigenvalue weighted by Gasteiger charge is 2.09. The molecule has 1 aliphatic heterocycles. The van der Waals surface area contributed by atoms with Crippen LogP contribution in [0.5, 0.6) is 0 Å². The maximum absolute atomic E-state index is 14.1. The second kappa shape index (κ2) is 8.17. The van der Waals surface area contributed by atoms with Gasteiger partial charge in [-0.2, -0.15) is 5.26 Å². The van der Waals surface area contributed by atoms with Gasteiger partial charge in [-0.3, -0.25) is 4.99 Å². The van der Waals surface area contributed by atoms with Gasteiger partial charge in [-0.25, -0.2) is 4.39 Å². The predicted molar refractivity (Wildman–Crippen MR) is 101 cm³/mol.